The summed E-state index contributed by atoms with van der Waals surface area (Å²) in [7, 11) is 3.23. The summed E-state index contributed by atoms with van der Waals surface area (Å²) in [5, 5.41) is 3.24. The molecule has 7 nitrogen and oxygen atoms in total. The van der Waals surface area contributed by atoms with Crippen molar-refractivity contribution in [3.8, 4) is 11.5 Å². The quantitative estimate of drug-likeness (QED) is 0.553. The molecule has 1 heterocycles. The van der Waals surface area contributed by atoms with E-state index in [1.165, 1.54) is 6.33 Å². The molecule has 0 atom stereocenters. The van der Waals surface area contributed by atoms with Crippen LogP contribution in [-0.4, -0.2) is 24.2 Å². The van der Waals surface area contributed by atoms with Crippen LogP contribution in [0.4, 0.5) is 17.3 Å². The maximum absolute atomic E-state index is 5.48. The third-order valence-electron chi connectivity index (χ3n) is 3.10. The van der Waals surface area contributed by atoms with Gasteiger partial charge in [-0.2, -0.15) is 0 Å². The normalized spacial score (nSPS) is 10.1. The molecular formula is C14H19N5O2. The van der Waals surface area contributed by atoms with Crippen molar-refractivity contribution in [3.63, 3.8) is 0 Å². The third-order valence-corrected chi connectivity index (χ3v) is 3.10. The first-order valence-electron chi connectivity index (χ1n) is 6.53. The van der Waals surface area contributed by atoms with Gasteiger partial charge in [0, 0.05) is 11.6 Å². The number of hydrazine groups is 1. The molecule has 0 bridgehead atoms. The lowest BCUT2D eigenvalue weighted by molar-refractivity contribution is 0.405. The molecule has 112 valence electrons. The van der Waals surface area contributed by atoms with Crippen LogP contribution >= 0.6 is 0 Å². The molecule has 0 amide bonds. The zero-order valence-electron chi connectivity index (χ0n) is 12.3. The Morgan fingerprint density at radius 1 is 1.14 bits per heavy atom. The highest BCUT2D eigenvalue weighted by atomic mass is 16.5. The number of aromatic nitrogens is 2. The zero-order chi connectivity index (χ0) is 15.2. The standard InChI is InChI=1S/C14H19N5O2/c1-4-10-13(16-8-17-14(10)19-15)18-11-7-9(20-2)5-6-12(11)21-3/h5-8H,4,15H2,1-3H3,(H2,16,17,18,19). The van der Waals surface area contributed by atoms with E-state index in [0.717, 1.165) is 23.4 Å². The number of benzene rings is 1. The second-order valence-corrected chi connectivity index (χ2v) is 4.24. The molecule has 1 aromatic carbocycles. The fourth-order valence-corrected chi connectivity index (χ4v) is 2.02. The molecule has 0 radical (unpaired) electrons. The van der Waals surface area contributed by atoms with Gasteiger partial charge in [-0.1, -0.05) is 6.92 Å². The first-order chi connectivity index (χ1) is 10.2. The van der Waals surface area contributed by atoms with Crippen molar-refractivity contribution in [2.75, 3.05) is 25.0 Å². The van der Waals surface area contributed by atoms with Crippen LogP contribution < -0.4 is 26.1 Å². The highest BCUT2D eigenvalue weighted by Crippen LogP contribution is 2.32. The monoisotopic (exact) mass is 289 g/mol. The number of nitrogens with one attached hydrogen (secondary N) is 2. The lowest BCUT2D eigenvalue weighted by Gasteiger charge is -2.15. The van der Waals surface area contributed by atoms with Crippen LogP contribution in [0.2, 0.25) is 0 Å². The molecule has 1 aromatic heterocycles. The van der Waals surface area contributed by atoms with Crippen LogP contribution in [-0.2, 0) is 6.42 Å². The number of hydrogen-bond acceptors (Lipinski definition) is 7. The van der Waals surface area contributed by atoms with E-state index in [9.17, 15) is 0 Å². The molecule has 0 fully saturated rings. The lowest BCUT2D eigenvalue weighted by Crippen LogP contribution is -2.13. The van der Waals surface area contributed by atoms with E-state index < -0.39 is 0 Å². The van der Waals surface area contributed by atoms with Crippen LogP contribution in [0, 0.1) is 0 Å². The van der Waals surface area contributed by atoms with E-state index >= 15 is 0 Å². The number of nitrogen functional groups attached to an aromatic ring is 1. The number of anilines is 3. The van der Waals surface area contributed by atoms with Gasteiger partial charge in [-0.25, -0.2) is 15.8 Å². The van der Waals surface area contributed by atoms with Crippen molar-refractivity contribution in [3.05, 3.63) is 30.1 Å². The number of methoxy groups -OCH3 is 2. The number of hydrogen-bond donors (Lipinski definition) is 3. The van der Waals surface area contributed by atoms with Crippen molar-refractivity contribution in [2.45, 2.75) is 13.3 Å². The van der Waals surface area contributed by atoms with Gasteiger partial charge < -0.3 is 20.2 Å². The van der Waals surface area contributed by atoms with E-state index in [2.05, 4.69) is 20.7 Å². The number of nitrogens with zero attached hydrogens (tertiary/aromatic N) is 2. The van der Waals surface area contributed by atoms with Crippen LogP contribution in [0.15, 0.2) is 24.5 Å². The van der Waals surface area contributed by atoms with Gasteiger partial charge in [0.1, 0.15) is 29.5 Å². The van der Waals surface area contributed by atoms with Gasteiger partial charge >= 0.3 is 0 Å². The molecule has 0 spiro atoms. The van der Waals surface area contributed by atoms with Crippen molar-refractivity contribution < 1.29 is 9.47 Å². The van der Waals surface area contributed by atoms with E-state index in [1.54, 1.807) is 14.2 Å². The highest BCUT2D eigenvalue weighted by molar-refractivity contribution is 5.70. The van der Waals surface area contributed by atoms with E-state index in [0.29, 0.717) is 17.4 Å². The molecule has 0 saturated heterocycles. The molecule has 4 N–H and O–H groups in total. The largest absolute Gasteiger partial charge is 0.497 e. The van der Waals surface area contributed by atoms with Gasteiger partial charge in [-0.15, -0.1) is 0 Å². The Balaban J connectivity index is 2.42. The summed E-state index contributed by atoms with van der Waals surface area (Å²) in [6.45, 7) is 2.01. The lowest BCUT2D eigenvalue weighted by atomic mass is 10.2. The number of ether oxygens (including phenoxy) is 2. The fourth-order valence-electron chi connectivity index (χ4n) is 2.02. The molecule has 2 aromatic rings. The molecule has 0 aliphatic rings. The highest BCUT2D eigenvalue weighted by Gasteiger charge is 2.12. The van der Waals surface area contributed by atoms with Gasteiger partial charge in [0.05, 0.1) is 19.9 Å². The van der Waals surface area contributed by atoms with E-state index in [1.807, 2.05) is 25.1 Å². The van der Waals surface area contributed by atoms with Crippen molar-refractivity contribution in [1.82, 2.24) is 9.97 Å². The zero-order valence-corrected chi connectivity index (χ0v) is 12.3. The number of rotatable bonds is 6. The Labute approximate surface area is 123 Å². The van der Waals surface area contributed by atoms with E-state index in [-0.39, 0.29) is 0 Å². The molecule has 0 aliphatic heterocycles. The predicted octanol–water partition coefficient (Wildman–Crippen LogP) is 2.09. The van der Waals surface area contributed by atoms with Gasteiger partial charge in [-0.05, 0) is 18.6 Å². The van der Waals surface area contributed by atoms with Gasteiger partial charge in [0.2, 0.25) is 0 Å². The second kappa shape index (κ2) is 6.76. The average Bonchev–Trinajstić information content (AvgIpc) is 2.54. The average molecular weight is 289 g/mol. The minimum atomic E-state index is 0.594. The Kier molecular flexibility index (Phi) is 4.78. The summed E-state index contributed by atoms with van der Waals surface area (Å²) >= 11 is 0. The third kappa shape index (κ3) is 3.14. The Morgan fingerprint density at radius 2 is 1.90 bits per heavy atom. The van der Waals surface area contributed by atoms with Crippen molar-refractivity contribution in [2.24, 2.45) is 5.84 Å². The van der Waals surface area contributed by atoms with Gasteiger partial charge in [-0.3, -0.25) is 0 Å². The summed E-state index contributed by atoms with van der Waals surface area (Å²) < 4.78 is 10.6. The summed E-state index contributed by atoms with van der Waals surface area (Å²) in [4.78, 5) is 8.37. The molecule has 21 heavy (non-hydrogen) atoms. The van der Waals surface area contributed by atoms with Crippen LogP contribution in [0.3, 0.4) is 0 Å². The maximum atomic E-state index is 5.48. The topological polar surface area (TPSA) is 94.3 Å². The van der Waals surface area contributed by atoms with Crippen molar-refractivity contribution in [1.29, 1.82) is 0 Å². The minimum absolute atomic E-state index is 0.594. The number of nitrogens with two attached hydrogens (primary N) is 1. The molecule has 0 aliphatic carbocycles. The first-order valence-corrected chi connectivity index (χ1v) is 6.53. The fraction of sp³-hybridized carbons (Fsp3) is 0.286. The molecule has 0 unspecified atom stereocenters. The van der Waals surface area contributed by atoms with Crippen LogP contribution in [0.5, 0.6) is 11.5 Å². The van der Waals surface area contributed by atoms with Crippen LogP contribution in [0.25, 0.3) is 0 Å². The van der Waals surface area contributed by atoms with Gasteiger partial charge in [0.25, 0.3) is 0 Å². The SMILES string of the molecule is CCc1c(NN)ncnc1Nc1cc(OC)ccc1OC. The van der Waals surface area contributed by atoms with Gasteiger partial charge in [0.15, 0.2) is 0 Å². The summed E-state index contributed by atoms with van der Waals surface area (Å²) in [5.74, 6) is 8.16. The van der Waals surface area contributed by atoms with E-state index in [4.69, 9.17) is 15.3 Å². The Morgan fingerprint density at radius 3 is 2.52 bits per heavy atom. The second-order valence-electron chi connectivity index (χ2n) is 4.24. The molecule has 7 heteroatoms. The molecule has 0 saturated carbocycles. The molecular weight excluding hydrogens is 270 g/mol. The molecule has 2 rings (SSSR count). The summed E-state index contributed by atoms with van der Waals surface area (Å²) in [5.41, 5.74) is 4.23. The minimum Gasteiger partial charge on any atom is -0.497 e. The first kappa shape index (κ1) is 14.9. The van der Waals surface area contributed by atoms with Crippen LogP contribution in [0.1, 0.15) is 12.5 Å². The Bertz CT molecular complexity index is 618. The smallest absolute Gasteiger partial charge is 0.148 e. The summed E-state index contributed by atoms with van der Waals surface area (Å²) in [6.07, 6.45) is 2.18. The van der Waals surface area contributed by atoms with Crippen molar-refractivity contribution >= 4 is 17.3 Å². The maximum Gasteiger partial charge on any atom is 0.148 e. The Hall–Kier alpha value is -2.54. The summed E-state index contributed by atoms with van der Waals surface area (Å²) in [6, 6.07) is 5.50. The predicted molar refractivity (Wildman–Crippen MR) is 82.0 cm³/mol.